The monoisotopic (exact) mass is 337 g/mol. The Morgan fingerprint density at radius 1 is 1.37 bits per heavy atom. The number of thiophene rings is 1. The smallest absolute Gasteiger partial charge is 0.363 e. The van der Waals surface area contributed by atoms with Crippen molar-refractivity contribution in [3.8, 4) is 0 Å². The molecule has 6 heteroatoms. The summed E-state index contributed by atoms with van der Waals surface area (Å²) in [6, 6.07) is 5.40. The number of aliphatic imine (C=N–C) groups is 1. The fourth-order valence-electron chi connectivity index (χ4n) is 1.60. The van der Waals surface area contributed by atoms with Gasteiger partial charge >= 0.3 is 5.97 Å². The molecule has 0 N–H and O–H groups in total. The third-order valence-corrected chi connectivity index (χ3v) is 3.97. The normalized spacial score (nSPS) is 16.8. The summed E-state index contributed by atoms with van der Waals surface area (Å²) >= 11 is 4.75. The molecule has 0 saturated heterocycles. The second kappa shape index (κ2) is 4.79. The Kier molecular flexibility index (Phi) is 3.12. The summed E-state index contributed by atoms with van der Waals surface area (Å²) in [6.07, 6.45) is 1.73. The highest BCUT2D eigenvalue weighted by molar-refractivity contribution is 9.10. The second-order valence-corrected chi connectivity index (χ2v) is 5.64. The number of nitrogens with zero attached hydrogens (tertiary/aromatic N) is 1. The minimum atomic E-state index is -0.463. The Bertz CT molecular complexity index is 711. The van der Waals surface area contributed by atoms with Crippen molar-refractivity contribution >= 4 is 45.2 Å². The molecule has 19 heavy (non-hydrogen) atoms. The highest BCUT2D eigenvalue weighted by Gasteiger charge is 2.26. The number of hydrogen-bond donors (Lipinski definition) is 0. The van der Waals surface area contributed by atoms with Crippen molar-refractivity contribution in [1.29, 1.82) is 0 Å². The Morgan fingerprint density at radius 3 is 2.84 bits per heavy atom. The van der Waals surface area contributed by atoms with Crippen LogP contribution < -0.4 is 0 Å². The molecule has 0 radical (unpaired) electrons. The fourth-order valence-corrected chi connectivity index (χ4v) is 2.76. The third kappa shape index (κ3) is 2.41. The van der Waals surface area contributed by atoms with Crippen molar-refractivity contribution in [1.82, 2.24) is 0 Å². The molecule has 0 amide bonds. The number of halogens is 1. The van der Waals surface area contributed by atoms with Crippen molar-refractivity contribution in [2.45, 2.75) is 6.92 Å². The second-order valence-electron chi connectivity index (χ2n) is 3.91. The average molecular weight is 338 g/mol. The van der Waals surface area contributed by atoms with Crippen LogP contribution in [0, 0.1) is 6.92 Å². The van der Waals surface area contributed by atoms with Gasteiger partial charge in [-0.15, -0.1) is 11.3 Å². The van der Waals surface area contributed by atoms with Gasteiger partial charge < -0.3 is 9.15 Å². The van der Waals surface area contributed by atoms with Gasteiger partial charge in [-0.3, -0.25) is 0 Å². The van der Waals surface area contributed by atoms with E-state index in [-0.39, 0.29) is 11.6 Å². The van der Waals surface area contributed by atoms with E-state index in [0.717, 1.165) is 10.4 Å². The summed E-state index contributed by atoms with van der Waals surface area (Å²) in [5, 5.41) is 1.97. The summed E-state index contributed by atoms with van der Waals surface area (Å²) in [5.41, 5.74) is 1.39. The summed E-state index contributed by atoms with van der Waals surface area (Å²) in [5.74, 6) is 0.151. The quantitative estimate of drug-likeness (QED) is 0.619. The zero-order valence-electron chi connectivity index (χ0n) is 9.84. The molecule has 0 unspecified atom stereocenters. The third-order valence-electron chi connectivity index (χ3n) is 2.57. The first kappa shape index (κ1) is 12.4. The molecule has 96 valence electrons. The zero-order chi connectivity index (χ0) is 13.4. The van der Waals surface area contributed by atoms with E-state index in [4.69, 9.17) is 9.15 Å². The van der Waals surface area contributed by atoms with Crippen molar-refractivity contribution in [3.05, 3.63) is 50.1 Å². The SMILES string of the molecule is Cc1ccsc1/C=C1/N=C(c2ccc(Br)o2)OC1=O. The number of esters is 1. The first-order chi connectivity index (χ1) is 9.13. The number of hydrogen-bond acceptors (Lipinski definition) is 5. The standard InChI is InChI=1S/C13H8BrNO3S/c1-7-4-5-19-10(7)6-8-13(16)18-12(15-8)9-2-3-11(14)17-9/h2-6H,1H3/b8-6+. The molecule has 1 aliphatic heterocycles. The Labute approximate surface area is 121 Å². The average Bonchev–Trinajstić information content (AvgIpc) is 3.04. The lowest BCUT2D eigenvalue weighted by molar-refractivity contribution is -0.130. The number of carbonyl (C=O) groups is 1. The number of furan rings is 1. The van der Waals surface area contributed by atoms with Crippen LogP contribution in [-0.2, 0) is 9.53 Å². The van der Waals surface area contributed by atoms with Gasteiger partial charge in [-0.05, 0) is 58.1 Å². The molecule has 0 atom stereocenters. The number of rotatable bonds is 2. The van der Waals surface area contributed by atoms with Crippen LogP contribution >= 0.6 is 27.3 Å². The fraction of sp³-hybridized carbons (Fsp3) is 0.0769. The van der Waals surface area contributed by atoms with Gasteiger partial charge in [0.1, 0.15) is 0 Å². The molecule has 4 nitrogen and oxygen atoms in total. The summed E-state index contributed by atoms with van der Waals surface area (Å²) in [7, 11) is 0. The van der Waals surface area contributed by atoms with E-state index in [9.17, 15) is 4.79 Å². The molecular formula is C13H8BrNO3S. The van der Waals surface area contributed by atoms with E-state index in [2.05, 4.69) is 20.9 Å². The van der Waals surface area contributed by atoms with Gasteiger partial charge in [0.05, 0.1) is 0 Å². The molecule has 0 aromatic carbocycles. The van der Waals surface area contributed by atoms with Gasteiger partial charge in [-0.1, -0.05) is 0 Å². The van der Waals surface area contributed by atoms with E-state index in [0.29, 0.717) is 10.4 Å². The molecular weight excluding hydrogens is 330 g/mol. The van der Waals surface area contributed by atoms with Crippen LogP contribution in [-0.4, -0.2) is 11.9 Å². The van der Waals surface area contributed by atoms with Crippen LogP contribution in [0.15, 0.2) is 43.4 Å². The highest BCUT2D eigenvalue weighted by Crippen LogP contribution is 2.25. The molecule has 0 saturated carbocycles. The van der Waals surface area contributed by atoms with Crippen molar-refractivity contribution in [2.75, 3.05) is 0 Å². The number of aryl methyl sites for hydroxylation is 1. The summed E-state index contributed by atoms with van der Waals surface area (Å²) < 4.78 is 11.0. The number of ether oxygens (including phenoxy) is 1. The minimum Gasteiger partial charge on any atom is -0.444 e. The molecule has 3 rings (SSSR count). The largest absolute Gasteiger partial charge is 0.444 e. The van der Waals surface area contributed by atoms with Crippen molar-refractivity contribution < 1.29 is 13.9 Å². The molecule has 2 aromatic rings. The number of cyclic esters (lactones) is 1. The summed E-state index contributed by atoms with van der Waals surface area (Å²) in [6.45, 7) is 1.98. The maximum atomic E-state index is 11.7. The van der Waals surface area contributed by atoms with Crippen LogP contribution in [0.25, 0.3) is 6.08 Å². The highest BCUT2D eigenvalue weighted by atomic mass is 79.9. The Morgan fingerprint density at radius 2 is 2.21 bits per heavy atom. The Balaban J connectivity index is 1.96. The van der Waals surface area contributed by atoms with E-state index in [1.807, 2.05) is 18.4 Å². The molecule has 0 bridgehead atoms. The maximum Gasteiger partial charge on any atom is 0.363 e. The lowest BCUT2D eigenvalue weighted by Gasteiger charge is -1.92. The van der Waals surface area contributed by atoms with Gasteiger partial charge in [0.2, 0.25) is 0 Å². The van der Waals surface area contributed by atoms with Gasteiger partial charge in [0.25, 0.3) is 5.90 Å². The molecule has 0 aliphatic carbocycles. The van der Waals surface area contributed by atoms with Crippen LogP contribution in [0.1, 0.15) is 16.2 Å². The van der Waals surface area contributed by atoms with Gasteiger partial charge in [0.15, 0.2) is 16.1 Å². The van der Waals surface area contributed by atoms with Gasteiger partial charge in [0, 0.05) is 4.88 Å². The van der Waals surface area contributed by atoms with Crippen LogP contribution in [0.2, 0.25) is 0 Å². The van der Waals surface area contributed by atoms with Crippen molar-refractivity contribution in [2.24, 2.45) is 4.99 Å². The predicted octanol–water partition coefficient (Wildman–Crippen LogP) is 3.76. The molecule has 3 heterocycles. The van der Waals surface area contributed by atoms with Gasteiger partial charge in [-0.25, -0.2) is 9.79 Å². The van der Waals surface area contributed by atoms with E-state index < -0.39 is 5.97 Å². The maximum absolute atomic E-state index is 11.7. The first-order valence-electron chi connectivity index (χ1n) is 5.46. The summed E-state index contributed by atoms with van der Waals surface area (Å²) in [4.78, 5) is 16.9. The molecule has 1 aliphatic rings. The topological polar surface area (TPSA) is 51.8 Å². The van der Waals surface area contributed by atoms with E-state index >= 15 is 0 Å². The van der Waals surface area contributed by atoms with Gasteiger partial charge in [-0.2, -0.15) is 0 Å². The first-order valence-corrected chi connectivity index (χ1v) is 7.13. The molecule has 0 spiro atoms. The zero-order valence-corrected chi connectivity index (χ0v) is 12.2. The van der Waals surface area contributed by atoms with Crippen LogP contribution in [0.4, 0.5) is 0 Å². The number of carbonyl (C=O) groups excluding carboxylic acids is 1. The molecule has 2 aromatic heterocycles. The van der Waals surface area contributed by atoms with Crippen molar-refractivity contribution in [3.63, 3.8) is 0 Å². The predicted molar refractivity (Wildman–Crippen MR) is 76.1 cm³/mol. The van der Waals surface area contributed by atoms with Crippen LogP contribution in [0.5, 0.6) is 0 Å². The lowest BCUT2D eigenvalue weighted by Crippen LogP contribution is -2.04. The molecule has 0 fully saturated rings. The lowest BCUT2D eigenvalue weighted by atomic mass is 10.2. The van der Waals surface area contributed by atoms with Crippen LogP contribution in [0.3, 0.4) is 0 Å². The Hall–Kier alpha value is -1.66. The van der Waals surface area contributed by atoms with E-state index in [1.165, 1.54) is 0 Å². The van der Waals surface area contributed by atoms with E-state index in [1.54, 1.807) is 29.5 Å². The minimum absolute atomic E-state index is 0.191.